The number of phenols is 1. The van der Waals surface area contributed by atoms with Gasteiger partial charge in [-0.2, -0.15) is 0 Å². The predicted molar refractivity (Wildman–Crippen MR) is 90.3 cm³/mol. The number of amides is 3. The van der Waals surface area contributed by atoms with E-state index < -0.39 is 18.0 Å². The van der Waals surface area contributed by atoms with E-state index in [0.717, 1.165) is 22.2 Å². The summed E-state index contributed by atoms with van der Waals surface area (Å²) in [6.45, 7) is 3.28. The number of ether oxygens (including phenoxy) is 1. The Morgan fingerprint density at radius 3 is 2.72 bits per heavy atom. The largest absolute Gasteiger partial charge is 0.507 e. The number of hydrogen-bond donors (Lipinski definition) is 2. The van der Waals surface area contributed by atoms with Crippen LogP contribution in [0.15, 0.2) is 18.2 Å². The van der Waals surface area contributed by atoms with Crippen molar-refractivity contribution < 1.29 is 29.0 Å². The van der Waals surface area contributed by atoms with E-state index >= 15 is 0 Å². The Balaban J connectivity index is 1.82. The number of carbonyl (C=O) groups excluding carboxylic acids is 4. The van der Waals surface area contributed by atoms with Gasteiger partial charge in [0.1, 0.15) is 11.3 Å². The fourth-order valence-corrected chi connectivity index (χ4v) is 2.88. The molecule has 0 radical (unpaired) electrons. The Bertz CT molecular complexity index is 705. The molecular formula is C16H18N2O6S. The van der Waals surface area contributed by atoms with Crippen LogP contribution in [0.25, 0.3) is 0 Å². The molecule has 1 heterocycles. The highest BCUT2D eigenvalue weighted by molar-refractivity contribution is 8.14. The van der Waals surface area contributed by atoms with Gasteiger partial charge in [0.15, 0.2) is 6.10 Å². The summed E-state index contributed by atoms with van der Waals surface area (Å²) in [5.41, 5.74) is 0.750. The number of phenolic OH excluding ortho intramolecular Hbond substituents is 1. The maximum Gasteiger partial charge on any atom is 0.342 e. The smallest absolute Gasteiger partial charge is 0.342 e. The van der Waals surface area contributed by atoms with Gasteiger partial charge < -0.3 is 15.2 Å². The zero-order valence-corrected chi connectivity index (χ0v) is 14.6. The molecule has 134 valence electrons. The number of aromatic hydroxyl groups is 1. The number of thioether (sulfide) groups is 1. The average molecular weight is 366 g/mol. The van der Waals surface area contributed by atoms with E-state index in [1.807, 2.05) is 0 Å². The summed E-state index contributed by atoms with van der Waals surface area (Å²) >= 11 is 0.919. The minimum Gasteiger partial charge on any atom is -0.507 e. The van der Waals surface area contributed by atoms with Crippen LogP contribution >= 0.6 is 11.8 Å². The highest BCUT2D eigenvalue weighted by atomic mass is 32.2. The summed E-state index contributed by atoms with van der Waals surface area (Å²) in [6, 6.07) is 4.48. The molecule has 1 aromatic rings. The third kappa shape index (κ3) is 4.72. The minimum absolute atomic E-state index is 0.0319. The SMILES string of the molecule is Cc1ccc(C(=O)O[C@@H](C)C(=O)NCCN2C(=O)CSC2=O)c(O)c1. The van der Waals surface area contributed by atoms with Crippen molar-refractivity contribution in [3.05, 3.63) is 29.3 Å². The van der Waals surface area contributed by atoms with Crippen LogP contribution in [0.5, 0.6) is 5.75 Å². The lowest BCUT2D eigenvalue weighted by Gasteiger charge is -2.16. The Hall–Kier alpha value is -2.55. The second-order valence-corrected chi connectivity index (χ2v) is 6.39. The van der Waals surface area contributed by atoms with Crippen molar-refractivity contribution in [2.24, 2.45) is 0 Å². The number of hydrogen-bond acceptors (Lipinski definition) is 7. The third-order valence-corrected chi connectivity index (χ3v) is 4.36. The van der Waals surface area contributed by atoms with Crippen molar-refractivity contribution in [1.29, 1.82) is 0 Å². The molecule has 1 aromatic carbocycles. The van der Waals surface area contributed by atoms with Gasteiger partial charge in [0.2, 0.25) is 5.91 Å². The first-order chi connectivity index (χ1) is 11.8. The van der Waals surface area contributed by atoms with E-state index in [2.05, 4.69) is 5.32 Å². The second kappa shape index (κ2) is 8.02. The monoisotopic (exact) mass is 366 g/mol. The fraction of sp³-hybridized carbons (Fsp3) is 0.375. The van der Waals surface area contributed by atoms with Crippen LogP contribution in [0.3, 0.4) is 0 Å². The van der Waals surface area contributed by atoms with Crippen LogP contribution in [-0.4, -0.2) is 58.0 Å². The van der Waals surface area contributed by atoms with E-state index in [1.165, 1.54) is 19.1 Å². The first kappa shape index (κ1) is 18.8. The molecule has 2 rings (SSSR count). The van der Waals surface area contributed by atoms with Crippen molar-refractivity contribution in [3.63, 3.8) is 0 Å². The lowest BCUT2D eigenvalue weighted by molar-refractivity contribution is -0.130. The van der Waals surface area contributed by atoms with Crippen molar-refractivity contribution in [2.45, 2.75) is 20.0 Å². The van der Waals surface area contributed by atoms with Crippen LogP contribution in [0.1, 0.15) is 22.8 Å². The number of esters is 1. The molecule has 3 amide bonds. The molecule has 2 N–H and O–H groups in total. The summed E-state index contributed by atoms with van der Waals surface area (Å²) in [4.78, 5) is 47.8. The highest BCUT2D eigenvalue weighted by Crippen LogP contribution is 2.20. The molecule has 0 spiro atoms. The predicted octanol–water partition coefficient (Wildman–Crippen LogP) is 1.06. The normalized spacial score (nSPS) is 15.2. The molecule has 8 nitrogen and oxygen atoms in total. The van der Waals surface area contributed by atoms with Crippen molar-refractivity contribution in [1.82, 2.24) is 10.2 Å². The van der Waals surface area contributed by atoms with Gasteiger partial charge in [0.25, 0.3) is 11.1 Å². The molecule has 0 saturated carbocycles. The quantitative estimate of drug-likeness (QED) is 0.724. The second-order valence-electron chi connectivity index (χ2n) is 5.46. The maximum absolute atomic E-state index is 12.0. The number of carbonyl (C=O) groups is 4. The minimum atomic E-state index is -1.09. The number of nitrogens with zero attached hydrogens (tertiary/aromatic N) is 1. The Kier molecular flexibility index (Phi) is 6.02. The van der Waals surface area contributed by atoms with Gasteiger partial charge >= 0.3 is 5.97 Å². The van der Waals surface area contributed by atoms with Crippen LogP contribution in [0, 0.1) is 6.92 Å². The third-order valence-electron chi connectivity index (χ3n) is 3.50. The molecule has 1 atom stereocenters. The molecule has 0 aromatic heterocycles. The van der Waals surface area contributed by atoms with E-state index in [4.69, 9.17) is 4.74 Å². The van der Waals surface area contributed by atoms with Gasteiger partial charge in [0, 0.05) is 13.1 Å². The maximum atomic E-state index is 12.0. The zero-order valence-electron chi connectivity index (χ0n) is 13.8. The lowest BCUT2D eigenvalue weighted by Crippen LogP contribution is -2.41. The van der Waals surface area contributed by atoms with E-state index in [0.29, 0.717) is 0 Å². The molecule has 0 bridgehead atoms. The molecule has 9 heteroatoms. The van der Waals surface area contributed by atoms with Gasteiger partial charge in [-0.15, -0.1) is 0 Å². The van der Waals surface area contributed by atoms with Crippen LogP contribution in [0.2, 0.25) is 0 Å². The van der Waals surface area contributed by atoms with Gasteiger partial charge in [-0.3, -0.25) is 19.3 Å². The number of aryl methyl sites for hydroxylation is 1. The molecule has 0 aliphatic carbocycles. The Morgan fingerprint density at radius 1 is 1.40 bits per heavy atom. The van der Waals surface area contributed by atoms with Gasteiger partial charge in [-0.25, -0.2) is 4.79 Å². The van der Waals surface area contributed by atoms with Gasteiger partial charge in [-0.1, -0.05) is 17.8 Å². The van der Waals surface area contributed by atoms with E-state index in [9.17, 15) is 24.3 Å². The van der Waals surface area contributed by atoms with E-state index in [-0.39, 0.29) is 41.3 Å². The number of benzene rings is 1. The average Bonchev–Trinajstić information content (AvgIpc) is 2.86. The number of nitrogens with one attached hydrogen (secondary N) is 1. The molecule has 1 fully saturated rings. The summed E-state index contributed by atoms with van der Waals surface area (Å²) in [7, 11) is 0. The van der Waals surface area contributed by atoms with Crippen LogP contribution < -0.4 is 5.32 Å². The molecule has 1 aliphatic heterocycles. The topological polar surface area (TPSA) is 113 Å². The lowest BCUT2D eigenvalue weighted by atomic mass is 10.1. The van der Waals surface area contributed by atoms with E-state index in [1.54, 1.807) is 13.0 Å². The van der Waals surface area contributed by atoms with Gasteiger partial charge in [-0.05, 0) is 31.5 Å². The van der Waals surface area contributed by atoms with Gasteiger partial charge in [0.05, 0.1) is 5.75 Å². The molecule has 1 aliphatic rings. The van der Waals surface area contributed by atoms with Crippen LogP contribution in [0.4, 0.5) is 4.79 Å². The fourth-order valence-electron chi connectivity index (χ4n) is 2.12. The summed E-state index contributed by atoms with van der Waals surface area (Å²) in [5.74, 6) is -1.78. The van der Waals surface area contributed by atoms with Crippen molar-refractivity contribution >= 4 is 34.8 Å². The number of imide groups is 1. The molecule has 1 saturated heterocycles. The summed E-state index contributed by atoms with van der Waals surface area (Å²) in [5, 5.41) is 11.9. The number of rotatable bonds is 6. The Morgan fingerprint density at radius 2 is 2.12 bits per heavy atom. The summed E-state index contributed by atoms with van der Waals surface area (Å²) in [6.07, 6.45) is -1.09. The first-order valence-electron chi connectivity index (χ1n) is 7.55. The van der Waals surface area contributed by atoms with Crippen LogP contribution in [-0.2, 0) is 14.3 Å². The molecule has 25 heavy (non-hydrogen) atoms. The summed E-state index contributed by atoms with van der Waals surface area (Å²) < 4.78 is 5.02. The standard InChI is InChI=1S/C16H18N2O6S/c1-9-3-4-11(12(19)7-9)15(22)24-10(2)14(21)17-5-6-18-13(20)8-25-16(18)23/h3-4,7,10,19H,5-6,8H2,1-2H3,(H,17,21)/t10-/m0/s1. The molecular weight excluding hydrogens is 348 g/mol. The van der Waals surface area contributed by atoms with Crippen molar-refractivity contribution in [3.8, 4) is 5.75 Å². The molecule has 0 unspecified atom stereocenters. The first-order valence-corrected chi connectivity index (χ1v) is 8.53. The highest BCUT2D eigenvalue weighted by Gasteiger charge is 2.29. The Labute approximate surface area is 148 Å². The zero-order chi connectivity index (χ0) is 18.6. The van der Waals surface area contributed by atoms with Crippen molar-refractivity contribution in [2.75, 3.05) is 18.8 Å².